The maximum atomic E-state index is 6.08. The van der Waals surface area contributed by atoms with Crippen LogP contribution in [0.5, 0.6) is 11.5 Å². The van der Waals surface area contributed by atoms with E-state index < -0.39 is 17.6 Å². The molecular weight excluding hydrogens is 392 g/mol. The summed E-state index contributed by atoms with van der Waals surface area (Å²) in [6, 6.07) is 4.36. The predicted octanol–water partition coefficient (Wildman–Crippen LogP) is 1.69. The molecule has 0 bridgehead atoms. The van der Waals surface area contributed by atoms with E-state index in [2.05, 4.69) is 38.3 Å². The van der Waals surface area contributed by atoms with Crippen LogP contribution in [0, 0.1) is 0 Å². The molecule has 1 aromatic carbocycles. The van der Waals surface area contributed by atoms with E-state index in [0.717, 1.165) is 11.5 Å². The van der Waals surface area contributed by atoms with Gasteiger partial charge in [-0.1, -0.05) is 26.2 Å². The Kier molecular flexibility index (Phi) is 13.5. The minimum atomic E-state index is -0.700. The lowest BCUT2D eigenvalue weighted by atomic mass is 10.3. The molecule has 6 nitrogen and oxygen atoms in total. The molecule has 0 N–H and O–H groups in total. The minimum absolute atomic E-state index is 0.536. The lowest BCUT2D eigenvalue weighted by molar-refractivity contribution is 0.0541. The smallest absolute Gasteiger partial charge is 0.118 e. The maximum absolute atomic E-state index is 6.08. The predicted molar refractivity (Wildman–Crippen MR) is 117 cm³/mol. The molecule has 0 fully saturated rings. The van der Waals surface area contributed by atoms with Gasteiger partial charge >= 0.3 is 0 Å². The number of hydrogen-bond acceptors (Lipinski definition) is 6. The van der Waals surface area contributed by atoms with E-state index in [1.807, 2.05) is 0 Å². The molecule has 2 radical (unpaired) electrons. The van der Waals surface area contributed by atoms with Crippen molar-refractivity contribution in [3.8, 4) is 11.5 Å². The highest BCUT2D eigenvalue weighted by molar-refractivity contribution is 6.74. The van der Waals surface area contributed by atoms with Gasteiger partial charge in [-0.05, 0) is 22.5 Å². The average Bonchev–Trinajstić information content (AvgIpc) is 2.67. The third-order valence-corrected chi connectivity index (χ3v) is 6.93. The van der Waals surface area contributed by atoms with Gasteiger partial charge in [-0.2, -0.15) is 0 Å². The number of ether oxygens (including phenoxy) is 6. The van der Waals surface area contributed by atoms with E-state index >= 15 is 0 Å². The fourth-order valence-corrected chi connectivity index (χ4v) is 4.60. The normalized spacial score (nSPS) is 11.4. The van der Waals surface area contributed by atoms with Gasteiger partial charge in [0.15, 0.2) is 0 Å². The molecule has 0 aliphatic rings. The SMILES string of the molecule is COCCOCCOc1cc([Si](C)C)c(OCCOCCOC)cc1[Si](C)C. The number of rotatable bonds is 16. The lowest BCUT2D eigenvalue weighted by Crippen LogP contribution is -2.33. The second-order valence-electron chi connectivity index (χ2n) is 6.75. The zero-order chi connectivity index (χ0) is 20.8. The van der Waals surface area contributed by atoms with Crippen LogP contribution >= 0.6 is 0 Å². The van der Waals surface area contributed by atoms with Crippen molar-refractivity contribution in [2.45, 2.75) is 26.2 Å². The van der Waals surface area contributed by atoms with Crippen molar-refractivity contribution in [2.24, 2.45) is 0 Å². The summed E-state index contributed by atoms with van der Waals surface area (Å²) < 4.78 is 33.1. The molecule has 0 spiro atoms. The van der Waals surface area contributed by atoms with Gasteiger partial charge in [-0.3, -0.25) is 0 Å². The number of methoxy groups -OCH3 is 2. The summed E-state index contributed by atoms with van der Waals surface area (Å²) in [5, 5.41) is 2.51. The molecule has 1 rings (SSSR count). The van der Waals surface area contributed by atoms with Crippen LogP contribution in [-0.4, -0.2) is 84.7 Å². The molecule has 160 valence electrons. The fourth-order valence-electron chi connectivity index (χ4n) is 2.49. The molecule has 0 heterocycles. The summed E-state index contributed by atoms with van der Waals surface area (Å²) in [4.78, 5) is 0. The van der Waals surface area contributed by atoms with Crippen molar-refractivity contribution < 1.29 is 28.4 Å². The van der Waals surface area contributed by atoms with Crippen molar-refractivity contribution in [3.63, 3.8) is 0 Å². The maximum Gasteiger partial charge on any atom is 0.118 e. The molecule has 0 aliphatic heterocycles. The highest BCUT2D eigenvalue weighted by Gasteiger charge is 2.18. The first-order chi connectivity index (χ1) is 13.5. The van der Waals surface area contributed by atoms with Crippen molar-refractivity contribution in [2.75, 3.05) is 67.1 Å². The lowest BCUT2D eigenvalue weighted by Gasteiger charge is -2.20. The van der Waals surface area contributed by atoms with Crippen LogP contribution in [0.25, 0.3) is 0 Å². The van der Waals surface area contributed by atoms with Crippen molar-refractivity contribution in [1.29, 1.82) is 0 Å². The van der Waals surface area contributed by atoms with Crippen LogP contribution < -0.4 is 19.8 Å². The van der Waals surface area contributed by atoms with Crippen molar-refractivity contribution in [1.82, 2.24) is 0 Å². The van der Waals surface area contributed by atoms with E-state index in [4.69, 9.17) is 28.4 Å². The van der Waals surface area contributed by atoms with Crippen LogP contribution in [0.15, 0.2) is 12.1 Å². The molecule has 0 aromatic heterocycles. The average molecular weight is 429 g/mol. The van der Waals surface area contributed by atoms with Gasteiger partial charge < -0.3 is 28.4 Å². The third kappa shape index (κ3) is 9.53. The molecule has 0 saturated heterocycles. The molecule has 0 saturated carbocycles. The monoisotopic (exact) mass is 428 g/mol. The first-order valence-corrected chi connectivity index (χ1v) is 14.7. The summed E-state index contributed by atoms with van der Waals surface area (Å²) in [6.07, 6.45) is 0. The zero-order valence-corrected chi connectivity index (χ0v) is 20.3. The van der Waals surface area contributed by atoms with E-state index in [9.17, 15) is 0 Å². The van der Waals surface area contributed by atoms with Crippen LogP contribution in [-0.2, 0) is 18.9 Å². The van der Waals surface area contributed by atoms with Gasteiger partial charge in [-0.15, -0.1) is 0 Å². The largest absolute Gasteiger partial charge is 0.491 e. The van der Waals surface area contributed by atoms with Crippen LogP contribution in [0.4, 0.5) is 0 Å². The molecular formula is C20H36O6Si2. The Bertz CT molecular complexity index is 492. The summed E-state index contributed by atoms with van der Waals surface area (Å²) >= 11 is 0. The summed E-state index contributed by atoms with van der Waals surface area (Å²) in [7, 11) is 1.94. The van der Waals surface area contributed by atoms with Crippen LogP contribution in [0.2, 0.25) is 26.2 Å². The molecule has 8 heteroatoms. The number of benzene rings is 1. The molecule has 0 unspecified atom stereocenters. The standard InChI is InChI=1S/C20H36O6Si2/c1-21-7-9-23-11-13-25-17-15-20(28(5)6)18(16-19(17)27(3)4)26-14-12-24-10-8-22-2/h15-16H,7-14H2,1-6H3. The van der Waals surface area contributed by atoms with E-state index in [0.29, 0.717) is 52.9 Å². The Balaban J connectivity index is 2.74. The first-order valence-electron chi connectivity index (χ1n) is 9.69. The van der Waals surface area contributed by atoms with E-state index in [1.165, 1.54) is 10.4 Å². The second kappa shape index (κ2) is 15.0. The Labute approximate surface area is 173 Å². The van der Waals surface area contributed by atoms with Gasteiger partial charge in [0.05, 0.1) is 57.2 Å². The molecule has 0 aliphatic carbocycles. The summed E-state index contributed by atoms with van der Waals surface area (Å²) in [5.41, 5.74) is 0. The zero-order valence-electron chi connectivity index (χ0n) is 18.3. The quantitative estimate of drug-likeness (QED) is 0.295. The molecule has 0 amide bonds. The van der Waals surface area contributed by atoms with Gasteiger partial charge in [0, 0.05) is 14.2 Å². The van der Waals surface area contributed by atoms with Gasteiger partial charge in [0.2, 0.25) is 0 Å². The Hall–Kier alpha value is -0.906. The topological polar surface area (TPSA) is 55.4 Å². The minimum Gasteiger partial charge on any atom is -0.491 e. The fraction of sp³-hybridized carbons (Fsp3) is 0.700. The molecule has 0 atom stereocenters. The number of hydrogen-bond donors (Lipinski definition) is 0. The van der Waals surface area contributed by atoms with Crippen LogP contribution in [0.3, 0.4) is 0 Å². The van der Waals surface area contributed by atoms with Crippen molar-refractivity contribution in [3.05, 3.63) is 12.1 Å². The Morgan fingerprint density at radius 3 is 1.25 bits per heavy atom. The highest BCUT2D eigenvalue weighted by atomic mass is 28.3. The van der Waals surface area contributed by atoms with Gasteiger partial charge in [-0.25, -0.2) is 0 Å². The van der Waals surface area contributed by atoms with E-state index in [-0.39, 0.29) is 0 Å². The summed E-state index contributed by atoms with van der Waals surface area (Å²) in [6.45, 7) is 13.6. The highest BCUT2D eigenvalue weighted by Crippen LogP contribution is 2.17. The van der Waals surface area contributed by atoms with Gasteiger partial charge in [0.1, 0.15) is 24.7 Å². The van der Waals surface area contributed by atoms with Gasteiger partial charge in [0.25, 0.3) is 0 Å². The molecule has 1 aromatic rings. The van der Waals surface area contributed by atoms with Crippen LogP contribution in [0.1, 0.15) is 0 Å². The third-order valence-electron chi connectivity index (χ3n) is 3.99. The molecule has 28 heavy (non-hydrogen) atoms. The first kappa shape index (κ1) is 25.1. The van der Waals surface area contributed by atoms with Crippen molar-refractivity contribution >= 4 is 28.0 Å². The second-order valence-corrected chi connectivity index (χ2v) is 11.8. The Morgan fingerprint density at radius 2 is 0.929 bits per heavy atom. The summed E-state index contributed by atoms with van der Waals surface area (Å²) in [5.74, 6) is 1.94. The Morgan fingerprint density at radius 1 is 0.571 bits per heavy atom. The van der Waals surface area contributed by atoms with E-state index in [1.54, 1.807) is 14.2 Å².